The molecule has 0 fully saturated rings. The zero-order chi connectivity index (χ0) is 32.6. The van der Waals surface area contributed by atoms with Crippen molar-refractivity contribution in [2.75, 3.05) is 28.2 Å². The topological polar surface area (TPSA) is 258 Å². The van der Waals surface area contributed by atoms with Crippen molar-refractivity contribution in [1.82, 2.24) is 21.3 Å². The first kappa shape index (κ1) is 47.2. The molecule has 0 unspecified atom stereocenters. The number of carboxylic acid groups (broad SMARTS) is 4. The molecule has 0 aliphatic carbocycles. The van der Waals surface area contributed by atoms with Gasteiger partial charge in [0.25, 0.3) is 0 Å². The summed E-state index contributed by atoms with van der Waals surface area (Å²) in [4.78, 5) is 55.6. The van der Waals surface area contributed by atoms with Crippen molar-refractivity contribution in [3.05, 3.63) is 0 Å². The largest absolute Gasteiger partial charge is 4.00 e. The summed E-state index contributed by atoms with van der Waals surface area (Å²) in [5.41, 5.74) is 0. The third-order valence-corrected chi connectivity index (χ3v) is 3.27. The molecule has 0 heterocycles. The molecule has 0 aromatic carbocycles. The molecule has 0 aromatic rings. The van der Waals surface area contributed by atoms with Crippen LogP contribution in [0.3, 0.4) is 0 Å². The molecule has 0 amide bonds. The molecule has 0 saturated heterocycles. The van der Waals surface area contributed by atoms with Gasteiger partial charge in [0, 0.05) is 52.4 Å². The number of hydrogen-bond acceptors (Lipinski definition) is 12. The number of carbonyl (C=O) groups excluding carboxylic acids is 4. The quantitative estimate of drug-likeness (QED) is 0.124. The Bertz CT molecular complexity index is 758. The average molecular weight is 674 g/mol. The number of likely N-dealkylation sites (N-methyl/N-ethyl adjacent to an activating group) is 4. The minimum atomic E-state index is -1.27. The van der Waals surface area contributed by atoms with E-state index in [9.17, 15) is 39.6 Å². The van der Waals surface area contributed by atoms with E-state index >= 15 is 0 Å². The fourth-order valence-electron chi connectivity index (χ4n) is 1.91. The Morgan fingerprint density at radius 1 is 0.415 bits per heavy atom. The number of carbonyl (C=O) groups is 4. The van der Waals surface area contributed by atoms with Crippen molar-refractivity contribution in [3.8, 4) is 0 Å². The summed E-state index contributed by atoms with van der Waals surface area (Å²) < 4.78 is 0. The van der Waals surface area contributed by atoms with Gasteiger partial charge in [-0.15, -0.1) is 0 Å². The van der Waals surface area contributed by atoms with Crippen molar-refractivity contribution in [2.45, 2.75) is 79.6 Å². The van der Waals surface area contributed by atoms with Gasteiger partial charge in [0.15, 0.2) is 0 Å². The minimum absolute atomic E-state index is 0. The van der Waals surface area contributed by atoms with Gasteiger partial charge in [-0.2, -0.15) is 0 Å². The Labute approximate surface area is 255 Å². The SMILES string of the molecule is CNC(=NC(C)C)C(=O)[O-].CNC(=NC(C)C)C(=O)[O-].CNC(=NC(C)C)C(=O)[O-].CNC(=NC(C)C)C(=O)[O-].[Ru+4]. The van der Waals surface area contributed by atoms with Crippen LogP contribution >= 0.6 is 0 Å². The fraction of sp³-hybridized carbons (Fsp3) is 0.667. The monoisotopic (exact) mass is 674 g/mol. The van der Waals surface area contributed by atoms with Gasteiger partial charge < -0.3 is 60.9 Å². The predicted octanol–water partition coefficient (Wildman–Crippen LogP) is -4.95. The van der Waals surface area contributed by atoms with Crippen LogP contribution in [0.15, 0.2) is 20.0 Å². The van der Waals surface area contributed by atoms with Gasteiger partial charge in [0.05, 0.1) is 0 Å². The molecule has 0 aliphatic heterocycles. The molecular formula is C24H44N8O8Ru. The van der Waals surface area contributed by atoms with E-state index in [1.165, 1.54) is 28.2 Å². The van der Waals surface area contributed by atoms with E-state index in [0.717, 1.165) is 0 Å². The minimum Gasteiger partial charge on any atom is -0.542 e. The van der Waals surface area contributed by atoms with Gasteiger partial charge in [0.1, 0.15) is 47.2 Å². The van der Waals surface area contributed by atoms with Crippen molar-refractivity contribution in [2.24, 2.45) is 20.0 Å². The Kier molecular flexibility index (Phi) is 32.1. The summed E-state index contributed by atoms with van der Waals surface area (Å²) in [7, 11) is 5.99. The molecular weight excluding hydrogens is 629 g/mol. The van der Waals surface area contributed by atoms with E-state index < -0.39 is 23.9 Å². The molecule has 17 heteroatoms. The summed E-state index contributed by atoms with van der Waals surface area (Å²) in [6.07, 6.45) is 0. The van der Waals surface area contributed by atoms with Crippen molar-refractivity contribution < 1.29 is 59.1 Å². The Hall–Kier alpha value is -3.62. The van der Waals surface area contributed by atoms with E-state index in [4.69, 9.17) is 0 Å². The maximum atomic E-state index is 10.2. The van der Waals surface area contributed by atoms with Crippen molar-refractivity contribution in [3.63, 3.8) is 0 Å². The van der Waals surface area contributed by atoms with Crippen LogP contribution in [0.5, 0.6) is 0 Å². The number of rotatable bonds is 4. The summed E-state index contributed by atoms with van der Waals surface area (Å²) in [6.45, 7) is 14.3. The van der Waals surface area contributed by atoms with Gasteiger partial charge in [0.2, 0.25) is 0 Å². The average Bonchev–Trinajstić information content (AvgIpc) is 2.82. The number of aliphatic imine (C=N–C) groups is 4. The molecule has 41 heavy (non-hydrogen) atoms. The molecule has 236 valence electrons. The molecule has 0 bridgehead atoms. The van der Waals surface area contributed by atoms with Crippen LogP contribution in [0.1, 0.15) is 55.4 Å². The van der Waals surface area contributed by atoms with Crippen molar-refractivity contribution >= 4 is 47.2 Å². The second-order valence-electron chi connectivity index (χ2n) is 8.44. The second kappa shape index (κ2) is 27.9. The first-order valence-corrected chi connectivity index (χ1v) is 12.2. The Morgan fingerprint density at radius 3 is 0.561 bits per heavy atom. The molecule has 0 aliphatic rings. The third kappa shape index (κ3) is 32.5. The maximum Gasteiger partial charge on any atom is 4.00 e. The summed E-state index contributed by atoms with van der Waals surface area (Å²) in [5, 5.41) is 50.3. The van der Waals surface area contributed by atoms with Gasteiger partial charge >= 0.3 is 19.5 Å². The van der Waals surface area contributed by atoms with E-state index in [2.05, 4.69) is 41.2 Å². The zero-order valence-corrected chi connectivity index (χ0v) is 27.5. The van der Waals surface area contributed by atoms with Crippen LogP contribution in [0, 0.1) is 0 Å². The molecule has 0 rings (SSSR count). The number of nitrogens with zero attached hydrogens (tertiary/aromatic N) is 4. The molecule has 0 aromatic heterocycles. The number of nitrogens with one attached hydrogen (secondary N) is 4. The van der Waals surface area contributed by atoms with Gasteiger partial charge in [-0.3, -0.25) is 20.0 Å². The van der Waals surface area contributed by atoms with Gasteiger partial charge in [-0.25, -0.2) is 0 Å². The molecule has 16 nitrogen and oxygen atoms in total. The third-order valence-electron chi connectivity index (χ3n) is 3.27. The molecule has 0 saturated carbocycles. The second-order valence-corrected chi connectivity index (χ2v) is 8.44. The Morgan fingerprint density at radius 2 is 0.537 bits per heavy atom. The van der Waals surface area contributed by atoms with Crippen LogP contribution in [-0.2, 0) is 38.7 Å². The summed E-state index contributed by atoms with van der Waals surface area (Å²) >= 11 is 0. The van der Waals surface area contributed by atoms with Gasteiger partial charge in [-0.1, -0.05) is 0 Å². The number of aliphatic carboxylic acids is 4. The van der Waals surface area contributed by atoms with Crippen LogP contribution in [0.2, 0.25) is 0 Å². The molecule has 0 radical (unpaired) electrons. The van der Waals surface area contributed by atoms with E-state index in [0.29, 0.717) is 0 Å². The van der Waals surface area contributed by atoms with Crippen LogP contribution in [-0.4, -0.2) is 99.6 Å². The number of carboxylic acids is 4. The molecule has 0 spiro atoms. The Balaban J connectivity index is -0.000000139. The summed E-state index contributed by atoms with van der Waals surface area (Å²) in [5.74, 6) is -5.48. The summed E-state index contributed by atoms with van der Waals surface area (Å²) in [6, 6.07) is -0.110. The van der Waals surface area contributed by atoms with Crippen molar-refractivity contribution in [1.29, 1.82) is 0 Å². The first-order valence-electron chi connectivity index (χ1n) is 12.2. The fourth-order valence-corrected chi connectivity index (χ4v) is 1.91. The smallest absolute Gasteiger partial charge is 0.542 e. The van der Waals surface area contributed by atoms with Crippen LogP contribution < -0.4 is 41.7 Å². The standard InChI is InChI=1S/4C6H12N2O2.Ru/c4*1-4(2)8-5(7-3)6(9)10;/h4*4H,1-3H3,(H,7,8)(H,9,10);/q;;;;+4/p-4. The predicted molar refractivity (Wildman–Crippen MR) is 147 cm³/mol. The number of hydrogen-bond donors (Lipinski definition) is 4. The normalized spacial score (nSPS) is 11.5. The van der Waals surface area contributed by atoms with Gasteiger partial charge in [-0.05, 0) is 55.4 Å². The van der Waals surface area contributed by atoms with E-state index in [1.54, 1.807) is 55.4 Å². The number of amidine groups is 4. The van der Waals surface area contributed by atoms with E-state index in [-0.39, 0.29) is 67.0 Å². The maximum absolute atomic E-state index is 10.2. The molecule has 4 N–H and O–H groups in total. The molecule has 0 atom stereocenters. The van der Waals surface area contributed by atoms with Crippen LogP contribution in [0.4, 0.5) is 0 Å². The first-order chi connectivity index (χ1) is 18.3. The van der Waals surface area contributed by atoms with Crippen LogP contribution in [0.25, 0.3) is 0 Å². The zero-order valence-electron chi connectivity index (χ0n) is 25.7. The van der Waals surface area contributed by atoms with E-state index in [1.807, 2.05) is 0 Å².